The third-order valence-electron chi connectivity index (χ3n) is 3.91. The van der Waals surface area contributed by atoms with Gasteiger partial charge in [0.25, 0.3) is 0 Å². The van der Waals surface area contributed by atoms with E-state index in [2.05, 4.69) is 5.32 Å². The number of carboxylic acids is 1. The highest BCUT2D eigenvalue weighted by Gasteiger charge is 2.20. The van der Waals surface area contributed by atoms with Crippen LogP contribution in [-0.2, 0) is 24.2 Å². The van der Waals surface area contributed by atoms with Gasteiger partial charge in [-0.25, -0.2) is 9.59 Å². The molecule has 0 spiro atoms. The molecule has 2 N–H and O–H groups in total. The fourth-order valence-electron chi connectivity index (χ4n) is 2.81. The van der Waals surface area contributed by atoms with Gasteiger partial charge >= 0.3 is 12.1 Å². The summed E-state index contributed by atoms with van der Waals surface area (Å²) < 4.78 is 5.19. The van der Waals surface area contributed by atoms with Crippen LogP contribution in [0.1, 0.15) is 33.5 Å². The molecule has 0 radical (unpaired) electrons. The number of hydrogen-bond acceptors (Lipinski definition) is 3. The number of ether oxygens (including phenoxy) is 1. The highest BCUT2D eigenvalue weighted by molar-refractivity contribution is 5.93. The van der Waals surface area contributed by atoms with Crippen molar-refractivity contribution in [3.63, 3.8) is 0 Å². The molecule has 2 aromatic rings. The molecule has 5 heteroatoms. The SMILES string of the molecule is O=C(Nc1cc(C(=O)O)cc2c1CCC2)OCc1ccccc1. The number of carboxylic acid groups (broad SMARTS) is 1. The lowest BCUT2D eigenvalue weighted by Gasteiger charge is -2.12. The molecule has 0 aromatic heterocycles. The van der Waals surface area contributed by atoms with E-state index in [1.54, 1.807) is 6.07 Å². The molecule has 1 aliphatic rings. The lowest BCUT2D eigenvalue weighted by Crippen LogP contribution is -2.15. The standard InChI is InChI=1S/C18H17NO4/c20-17(21)14-9-13-7-4-8-15(13)16(10-14)19-18(22)23-11-12-5-2-1-3-6-12/h1-3,5-6,9-10H,4,7-8,11H2,(H,19,22)(H,20,21). The molecule has 2 aromatic carbocycles. The molecule has 0 aliphatic heterocycles. The number of nitrogens with one attached hydrogen (secondary N) is 1. The van der Waals surface area contributed by atoms with Crippen molar-refractivity contribution in [2.45, 2.75) is 25.9 Å². The van der Waals surface area contributed by atoms with Gasteiger partial charge < -0.3 is 9.84 Å². The van der Waals surface area contributed by atoms with E-state index in [0.29, 0.717) is 5.69 Å². The summed E-state index contributed by atoms with van der Waals surface area (Å²) in [6, 6.07) is 12.6. The monoisotopic (exact) mass is 311 g/mol. The minimum Gasteiger partial charge on any atom is -0.478 e. The number of aromatic carboxylic acids is 1. The van der Waals surface area contributed by atoms with Gasteiger partial charge in [-0.2, -0.15) is 0 Å². The Morgan fingerprint density at radius 2 is 1.91 bits per heavy atom. The Balaban J connectivity index is 1.72. The summed E-state index contributed by atoms with van der Waals surface area (Å²) in [5.41, 5.74) is 3.61. The summed E-state index contributed by atoms with van der Waals surface area (Å²) in [6.07, 6.45) is 2.06. The molecule has 0 heterocycles. The third-order valence-corrected chi connectivity index (χ3v) is 3.91. The van der Waals surface area contributed by atoms with Gasteiger partial charge in [-0.1, -0.05) is 30.3 Å². The molecule has 0 fully saturated rings. The second kappa shape index (κ2) is 6.52. The van der Waals surface area contributed by atoms with Crippen molar-refractivity contribution in [3.8, 4) is 0 Å². The Kier molecular flexibility index (Phi) is 4.28. The zero-order chi connectivity index (χ0) is 16.2. The van der Waals surface area contributed by atoms with Crippen LogP contribution in [0.15, 0.2) is 42.5 Å². The normalized spacial score (nSPS) is 12.5. The molecule has 1 amide bonds. The predicted molar refractivity (Wildman–Crippen MR) is 85.7 cm³/mol. The lowest BCUT2D eigenvalue weighted by atomic mass is 10.0. The minimum atomic E-state index is -1.000. The van der Waals surface area contributed by atoms with Crippen molar-refractivity contribution < 1.29 is 19.4 Å². The van der Waals surface area contributed by atoms with Crippen LogP contribution in [-0.4, -0.2) is 17.2 Å². The van der Waals surface area contributed by atoms with Gasteiger partial charge in [0.1, 0.15) is 6.61 Å². The Morgan fingerprint density at radius 1 is 1.13 bits per heavy atom. The number of fused-ring (bicyclic) bond motifs is 1. The van der Waals surface area contributed by atoms with E-state index in [1.807, 2.05) is 30.3 Å². The van der Waals surface area contributed by atoms with Crippen LogP contribution in [0.4, 0.5) is 10.5 Å². The fraction of sp³-hybridized carbons (Fsp3) is 0.222. The highest BCUT2D eigenvalue weighted by Crippen LogP contribution is 2.30. The van der Waals surface area contributed by atoms with E-state index in [1.165, 1.54) is 6.07 Å². The second-order valence-corrected chi connectivity index (χ2v) is 5.51. The van der Waals surface area contributed by atoms with Gasteiger partial charge in [-0.15, -0.1) is 0 Å². The summed E-state index contributed by atoms with van der Waals surface area (Å²) in [5, 5.41) is 11.9. The average Bonchev–Trinajstić information content (AvgIpc) is 3.02. The van der Waals surface area contributed by atoms with Crippen molar-refractivity contribution in [1.29, 1.82) is 0 Å². The van der Waals surface area contributed by atoms with Gasteiger partial charge in [0, 0.05) is 5.69 Å². The predicted octanol–water partition coefficient (Wildman–Crippen LogP) is 3.62. The average molecular weight is 311 g/mol. The molecule has 0 bridgehead atoms. The van der Waals surface area contributed by atoms with Gasteiger partial charge in [0.05, 0.1) is 5.56 Å². The van der Waals surface area contributed by atoms with Gasteiger partial charge in [-0.3, -0.25) is 5.32 Å². The Labute approximate surface area is 133 Å². The van der Waals surface area contributed by atoms with Crippen LogP contribution < -0.4 is 5.32 Å². The van der Waals surface area contributed by atoms with E-state index < -0.39 is 12.1 Å². The maximum absolute atomic E-state index is 12.0. The van der Waals surface area contributed by atoms with Crippen LogP contribution in [0.25, 0.3) is 0 Å². The molecule has 0 atom stereocenters. The van der Waals surface area contributed by atoms with Gasteiger partial charge in [-0.05, 0) is 48.1 Å². The quantitative estimate of drug-likeness (QED) is 0.904. The smallest absolute Gasteiger partial charge is 0.411 e. The lowest BCUT2D eigenvalue weighted by molar-refractivity contribution is 0.0696. The maximum Gasteiger partial charge on any atom is 0.411 e. The van der Waals surface area contributed by atoms with E-state index in [-0.39, 0.29) is 12.2 Å². The Bertz CT molecular complexity index is 740. The molecule has 118 valence electrons. The van der Waals surface area contributed by atoms with E-state index in [9.17, 15) is 14.7 Å². The topological polar surface area (TPSA) is 75.6 Å². The molecule has 0 saturated heterocycles. The maximum atomic E-state index is 12.0. The Morgan fingerprint density at radius 3 is 2.65 bits per heavy atom. The third kappa shape index (κ3) is 3.51. The number of aryl methyl sites for hydroxylation is 1. The molecule has 1 aliphatic carbocycles. The number of benzene rings is 2. The first-order valence-electron chi connectivity index (χ1n) is 7.50. The van der Waals surface area contributed by atoms with Crippen molar-refractivity contribution in [3.05, 3.63) is 64.7 Å². The molecule has 0 saturated carbocycles. The van der Waals surface area contributed by atoms with Gasteiger partial charge in [0.2, 0.25) is 0 Å². The molecule has 23 heavy (non-hydrogen) atoms. The van der Waals surface area contributed by atoms with Crippen LogP contribution in [0.5, 0.6) is 0 Å². The van der Waals surface area contributed by atoms with Crippen molar-refractivity contribution >= 4 is 17.7 Å². The van der Waals surface area contributed by atoms with E-state index in [4.69, 9.17) is 4.74 Å². The second-order valence-electron chi connectivity index (χ2n) is 5.51. The summed E-state index contributed by atoms with van der Waals surface area (Å²) in [4.78, 5) is 23.2. The summed E-state index contributed by atoms with van der Waals surface area (Å²) in [6.45, 7) is 0.174. The van der Waals surface area contributed by atoms with Crippen molar-refractivity contribution in [1.82, 2.24) is 0 Å². The van der Waals surface area contributed by atoms with Crippen LogP contribution in [0, 0.1) is 0 Å². The van der Waals surface area contributed by atoms with E-state index >= 15 is 0 Å². The minimum absolute atomic E-state index is 0.174. The number of anilines is 1. The zero-order valence-electron chi connectivity index (χ0n) is 12.5. The van der Waals surface area contributed by atoms with Gasteiger partial charge in [0.15, 0.2) is 0 Å². The number of carbonyl (C=O) groups excluding carboxylic acids is 1. The van der Waals surface area contributed by atoms with Crippen LogP contribution in [0.2, 0.25) is 0 Å². The fourth-order valence-corrected chi connectivity index (χ4v) is 2.81. The first-order chi connectivity index (χ1) is 11.1. The summed E-state index contributed by atoms with van der Waals surface area (Å²) in [5.74, 6) is -1.000. The summed E-state index contributed by atoms with van der Waals surface area (Å²) in [7, 11) is 0. The number of amides is 1. The largest absolute Gasteiger partial charge is 0.478 e. The van der Waals surface area contributed by atoms with Crippen molar-refractivity contribution in [2.75, 3.05) is 5.32 Å². The van der Waals surface area contributed by atoms with Crippen LogP contribution >= 0.6 is 0 Å². The first-order valence-corrected chi connectivity index (χ1v) is 7.50. The van der Waals surface area contributed by atoms with Crippen LogP contribution in [0.3, 0.4) is 0 Å². The molecule has 0 unspecified atom stereocenters. The first kappa shape index (κ1) is 15.1. The zero-order valence-corrected chi connectivity index (χ0v) is 12.5. The Hall–Kier alpha value is -2.82. The molecular formula is C18H17NO4. The molecule has 3 rings (SSSR count). The molecule has 5 nitrogen and oxygen atoms in total. The number of carbonyl (C=O) groups is 2. The van der Waals surface area contributed by atoms with E-state index in [0.717, 1.165) is 36.0 Å². The highest BCUT2D eigenvalue weighted by atomic mass is 16.5. The summed E-state index contributed by atoms with van der Waals surface area (Å²) >= 11 is 0. The van der Waals surface area contributed by atoms with Crippen molar-refractivity contribution in [2.24, 2.45) is 0 Å². The number of rotatable bonds is 4. The number of hydrogen-bond donors (Lipinski definition) is 2. The molecular weight excluding hydrogens is 294 g/mol.